The molecule has 0 unspecified atom stereocenters. The van der Waals surface area contributed by atoms with E-state index < -0.39 is 10.0 Å². The van der Waals surface area contributed by atoms with Crippen molar-refractivity contribution in [2.75, 3.05) is 14.1 Å². The Labute approximate surface area is 141 Å². The largest absolute Gasteiger partial charge is 0.289 e. The zero-order valence-corrected chi connectivity index (χ0v) is 14.1. The molecule has 0 saturated heterocycles. The van der Waals surface area contributed by atoms with Gasteiger partial charge in [0.1, 0.15) is 0 Å². The quantitative estimate of drug-likeness (QED) is 0.619. The smallest absolute Gasteiger partial charge is 0.242 e. The summed E-state index contributed by atoms with van der Waals surface area (Å²) < 4.78 is 25.3. The van der Waals surface area contributed by atoms with Gasteiger partial charge in [-0.15, -0.1) is 0 Å². The minimum absolute atomic E-state index is 0.0742. The number of ketones is 1. The van der Waals surface area contributed by atoms with E-state index in [1.807, 2.05) is 6.07 Å². The maximum absolute atomic E-state index is 12.2. The van der Waals surface area contributed by atoms with Crippen LogP contribution in [0.1, 0.15) is 21.5 Å². The molecule has 122 valence electrons. The third-order valence-corrected chi connectivity index (χ3v) is 5.18. The maximum atomic E-state index is 12.2. The summed E-state index contributed by atoms with van der Waals surface area (Å²) in [7, 11) is -0.703. The molecule has 0 saturated carbocycles. The van der Waals surface area contributed by atoms with Gasteiger partial charge in [-0.05, 0) is 35.9 Å². The van der Waals surface area contributed by atoms with E-state index in [1.54, 1.807) is 42.5 Å². The lowest BCUT2D eigenvalue weighted by atomic mass is 10.1. The highest BCUT2D eigenvalue weighted by Gasteiger charge is 2.18. The summed E-state index contributed by atoms with van der Waals surface area (Å²) in [6.45, 7) is 0. The molecule has 0 bridgehead atoms. The lowest BCUT2D eigenvalue weighted by Gasteiger charge is -2.11. The predicted octanol–water partition coefficient (Wildman–Crippen LogP) is 2.70. The highest BCUT2D eigenvalue weighted by atomic mass is 32.2. The van der Waals surface area contributed by atoms with Crippen LogP contribution in [0.2, 0.25) is 0 Å². The zero-order chi connectivity index (χ0) is 17.7. The zero-order valence-electron chi connectivity index (χ0n) is 13.3. The molecular formula is C18H16N2O3S. The summed E-state index contributed by atoms with van der Waals surface area (Å²) in [6, 6.07) is 14.7. The van der Waals surface area contributed by atoms with Gasteiger partial charge in [-0.25, -0.2) is 12.7 Å². The first kappa shape index (κ1) is 17.6. The van der Waals surface area contributed by atoms with Gasteiger partial charge in [-0.2, -0.15) is 5.26 Å². The fourth-order valence-corrected chi connectivity index (χ4v) is 2.91. The molecule has 0 spiro atoms. The van der Waals surface area contributed by atoms with E-state index in [4.69, 9.17) is 5.26 Å². The average Bonchev–Trinajstić information content (AvgIpc) is 2.60. The van der Waals surface area contributed by atoms with Crippen molar-refractivity contribution in [2.24, 2.45) is 0 Å². The number of hydrogen-bond acceptors (Lipinski definition) is 4. The minimum atomic E-state index is -3.58. The van der Waals surface area contributed by atoms with Gasteiger partial charge < -0.3 is 0 Å². The van der Waals surface area contributed by atoms with Crippen molar-refractivity contribution in [1.82, 2.24) is 4.31 Å². The summed E-state index contributed by atoms with van der Waals surface area (Å²) in [5.41, 5.74) is 1.61. The van der Waals surface area contributed by atoms with Gasteiger partial charge in [0.05, 0.1) is 16.5 Å². The topological polar surface area (TPSA) is 78.2 Å². The Kier molecular flexibility index (Phi) is 5.29. The number of benzene rings is 2. The van der Waals surface area contributed by atoms with Gasteiger partial charge in [-0.3, -0.25) is 4.79 Å². The van der Waals surface area contributed by atoms with Gasteiger partial charge in [-0.1, -0.05) is 30.3 Å². The van der Waals surface area contributed by atoms with E-state index in [9.17, 15) is 13.2 Å². The highest BCUT2D eigenvalue weighted by Crippen LogP contribution is 2.16. The first-order valence-electron chi connectivity index (χ1n) is 7.10. The molecule has 6 heteroatoms. The minimum Gasteiger partial charge on any atom is -0.289 e. The Balaban J connectivity index is 2.24. The number of hydrogen-bond donors (Lipinski definition) is 0. The second kappa shape index (κ2) is 7.21. The molecule has 0 atom stereocenters. The first-order chi connectivity index (χ1) is 11.3. The van der Waals surface area contributed by atoms with E-state index in [1.165, 1.54) is 32.3 Å². The number of allylic oxidation sites excluding steroid dienone is 1. The number of nitrogens with zero attached hydrogens (tertiary/aromatic N) is 2. The predicted molar refractivity (Wildman–Crippen MR) is 91.8 cm³/mol. The Bertz CT molecular complexity index is 921. The first-order valence-corrected chi connectivity index (χ1v) is 8.54. The van der Waals surface area contributed by atoms with E-state index >= 15 is 0 Å². The summed E-state index contributed by atoms with van der Waals surface area (Å²) in [6.07, 6.45) is 3.00. The molecule has 0 radical (unpaired) electrons. The van der Waals surface area contributed by atoms with Crippen LogP contribution in [0.4, 0.5) is 0 Å². The van der Waals surface area contributed by atoms with Crippen molar-refractivity contribution < 1.29 is 13.2 Å². The van der Waals surface area contributed by atoms with Gasteiger partial charge in [0.2, 0.25) is 10.0 Å². The Morgan fingerprint density at radius 1 is 1.12 bits per heavy atom. The summed E-state index contributed by atoms with van der Waals surface area (Å²) in [5.74, 6) is -0.296. The lowest BCUT2D eigenvalue weighted by molar-refractivity contribution is 0.104. The maximum Gasteiger partial charge on any atom is 0.242 e. The van der Waals surface area contributed by atoms with Crippen molar-refractivity contribution in [3.63, 3.8) is 0 Å². The number of nitriles is 1. The van der Waals surface area contributed by atoms with Crippen molar-refractivity contribution in [1.29, 1.82) is 5.26 Å². The molecule has 2 aromatic carbocycles. The molecule has 0 aliphatic rings. The van der Waals surface area contributed by atoms with Crippen LogP contribution in [0, 0.1) is 11.3 Å². The molecule has 0 heterocycles. The van der Waals surface area contributed by atoms with Crippen LogP contribution in [-0.4, -0.2) is 32.6 Å². The van der Waals surface area contributed by atoms with Gasteiger partial charge in [0, 0.05) is 19.7 Å². The summed E-state index contributed by atoms with van der Waals surface area (Å²) >= 11 is 0. The van der Waals surface area contributed by atoms with Crippen LogP contribution in [0.15, 0.2) is 59.5 Å². The van der Waals surface area contributed by atoms with E-state index in [2.05, 4.69) is 0 Å². The van der Waals surface area contributed by atoms with E-state index in [0.29, 0.717) is 11.1 Å². The van der Waals surface area contributed by atoms with Gasteiger partial charge >= 0.3 is 0 Å². The number of carbonyl (C=O) groups excluding carboxylic acids is 1. The van der Waals surface area contributed by atoms with Crippen molar-refractivity contribution >= 4 is 21.9 Å². The fourth-order valence-electron chi connectivity index (χ4n) is 1.96. The van der Waals surface area contributed by atoms with Crippen LogP contribution in [0.5, 0.6) is 0 Å². The van der Waals surface area contributed by atoms with Crippen molar-refractivity contribution in [3.05, 3.63) is 71.3 Å². The Hall–Kier alpha value is -2.75. The second-order valence-electron chi connectivity index (χ2n) is 5.25. The molecule has 5 nitrogen and oxygen atoms in total. The molecule has 24 heavy (non-hydrogen) atoms. The SMILES string of the molecule is CN(C)S(=O)(=O)c1cccc(C(=O)C=Cc2ccc(C#N)cc2)c1. The lowest BCUT2D eigenvalue weighted by Crippen LogP contribution is -2.22. The van der Waals surface area contributed by atoms with Crippen molar-refractivity contribution in [3.8, 4) is 6.07 Å². The fraction of sp³-hybridized carbons (Fsp3) is 0.111. The number of sulfonamides is 1. The summed E-state index contributed by atoms with van der Waals surface area (Å²) in [5, 5.41) is 8.75. The normalized spacial score (nSPS) is 11.6. The summed E-state index contributed by atoms with van der Waals surface area (Å²) in [4.78, 5) is 12.3. The van der Waals surface area contributed by atoms with Crippen LogP contribution < -0.4 is 0 Å². The molecule has 2 rings (SSSR count). The molecular weight excluding hydrogens is 324 g/mol. The van der Waals surface area contributed by atoms with Crippen molar-refractivity contribution in [2.45, 2.75) is 4.90 Å². The van der Waals surface area contributed by atoms with E-state index in [0.717, 1.165) is 9.87 Å². The molecule has 0 amide bonds. The van der Waals surface area contributed by atoms with Crippen LogP contribution in [-0.2, 0) is 10.0 Å². The monoisotopic (exact) mass is 340 g/mol. The third-order valence-electron chi connectivity index (χ3n) is 3.36. The molecule has 2 aromatic rings. The van der Waals surface area contributed by atoms with Gasteiger partial charge in [0.25, 0.3) is 0 Å². The highest BCUT2D eigenvalue weighted by molar-refractivity contribution is 7.89. The Morgan fingerprint density at radius 3 is 2.38 bits per heavy atom. The molecule has 0 aliphatic heterocycles. The molecule has 0 aliphatic carbocycles. The number of carbonyl (C=O) groups is 1. The standard InChI is InChI=1S/C18H16N2O3S/c1-20(2)24(22,23)17-5-3-4-16(12-17)18(21)11-10-14-6-8-15(13-19)9-7-14/h3-12H,1-2H3. The Morgan fingerprint density at radius 2 is 1.79 bits per heavy atom. The molecule has 0 aromatic heterocycles. The average molecular weight is 340 g/mol. The van der Waals surface area contributed by atoms with Crippen LogP contribution in [0.3, 0.4) is 0 Å². The molecule has 0 N–H and O–H groups in total. The second-order valence-corrected chi connectivity index (χ2v) is 7.40. The number of rotatable bonds is 5. The van der Waals surface area contributed by atoms with E-state index in [-0.39, 0.29) is 10.7 Å². The third kappa shape index (κ3) is 3.96. The van der Waals surface area contributed by atoms with Crippen LogP contribution in [0.25, 0.3) is 6.08 Å². The van der Waals surface area contributed by atoms with Crippen LogP contribution >= 0.6 is 0 Å². The molecule has 0 fully saturated rings. The van der Waals surface area contributed by atoms with Gasteiger partial charge in [0.15, 0.2) is 5.78 Å².